The van der Waals surface area contributed by atoms with Crippen LogP contribution in [0.1, 0.15) is 31.4 Å². The number of hydrogen-bond acceptors (Lipinski definition) is 3. The van der Waals surface area contributed by atoms with E-state index in [-0.39, 0.29) is 18.9 Å². The average Bonchev–Trinajstić information content (AvgIpc) is 2.45. The van der Waals surface area contributed by atoms with E-state index in [9.17, 15) is 9.59 Å². The van der Waals surface area contributed by atoms with Crippen molar-refractivity contribution >= 4 is 17.6 Å². The van der Waals surface area contributed by atoms with Gasteiger partial charge in [0.25, 0.3) is 0 Å². The Hall–Kier alpha value is -1.88. The van der Waals surface area contributed by atoms with Crippen LogP contribution in [0.5, 0.6) is 0 Å². The van der Waals surface area contributed by atoms with Crippen molar-refractivity contribution < 1.29 is 14.7 Å². The number of aryl methyl sites for hydroxylation is 2. The Balaban J connectivity index is 2.68. The van der Waals surface area contributed by atoms with Gasteiger partial charge < -0.3 is 10.4 Å². The number of likely N-dealkylation sites (N-methyl/N-ethyl adjacent to an activating group) is 1. The van der Waals surface area contributed by atoms with Gasteiger partial charge in [0.05, 0.1) is 13.0 Å². The van der Waals surface area contributed by atoms with Crippen molar-refractivity contribution in [3.05, 3.63) is 29.3 Å². The van der Waals surface area contributed by atoms with Crippen molar-refractivity contribution in [3.63, 3.8) is 0 Å². The third-order valence-corrected chi connectivity index (χ3v) is 3.38. The molecule has 116 valence electrons. The van der Waals surface area contributed by atoms with E-state index in [1.165, 1.54) is 0 Å². The zero-order valence-corrected chi connectivity index (χ0v) is 13.0. The highest BCUT2D eigenvalue weighted by Gasteiger charge is 2.12. The molecule has 21 heavy (non-hydrogen) atoms. The first-order valence-electron chi connectivity index (χ1n) is 7.28. The molecule has 1 amide bonds. The van der Waals surface area contributed by atoms with Gasteiger partial charge in [0, 0.05) is 12.2 Å². The molecule has 0 saturated heterocycles. The third-order valence-electron chi connectivity index (χ3n) is 3.38. The number of anilines is 1. The summed E-state index contributed by atoms with van der Waals surface area (Å²) in [6.07, 6.45) is 1.76. The lowest BCUT2D eigenvalue weighted by molar-refractivity contribution is -0.137. The van der Waals surface area contributed by atoms with Gasteiger partial charge in [-0.25, -0.2) is 0 Å². The zero-order valence-electron chi connectivity index (χ0n) is 13.0. The molecule has 0 radical (unpaired) electrons. The second-order valence-electron chi connectivity index (χ2n) is 5.09. The first-order chi connectivity index (χ1) is 9.97. The van der Waals surface area contributed by atoms with E-state index in [0.717, 1.165) is 29.7 Å². The van der Waals surface area contributed by atoms with Gasteiger partial charge in [-0.1, -0.05) is 32.0 Å². The highest BCUT2D eigenvalue weighted by molar-refractivity contribution is 5.93. The monoisotopic (exact) mass is 292 g/mol. The van der Waals surface area contributed by atoms with Gasteiger partial charge in [-0.15, -0.1) is 0 Å². The lowest BCUT2D eigenvalue weighted by Gasteiger charge is -2.18. The zero-order chi connectivity index (χ0) is 15.8. The lowest BCUT2D eigenvalue weighted by atomic mass is 10.0. The molecule has 0 aliphatic heterocycles. The van der Waals surface area contributed by atoms with Crippen LogP contribution in [-0.2, 0) is 22.4 Å². The molecule has 1 aromatic rings. The Morgan fingerprint density at radius 3 is 2.24 bits per heavy atom. The Morgan fingerprint density at radius 1 is 1.19 bits per heavy atom. The van der Waals surface area contributed by atoms with Gasteiger partial charge in [-0.2, -0.15) is 0 Å². The van der Waals surface area contributed by atoms with E-state index in [1.807, 2.05) is 18.2 Å². The first-order valence-corrected chi connectivity index (χ1v) is 7.28. The van der Waals surface area contributed by atoms with Crippen LogP contribution in [0.4, 0.5) is 5.69 Å². The van der Waals surface area contributed by atoms with Crippen molar-refractivity contribution in [2.45, 2.75) is 33.1 Å². The van der Waals surface area contributed by atoms with Gasteiger partial charge >= 0.3 is 5.97 Å². The van der Waals surface area contributed by atoms with Crippen LogP contribution in [0.15, 0.2) is 18.2 Å². The van der Waals surface area contributed by atoms with Crippen LogP contribution in [0.3, 0.4) is 0 Å². The molecule has 0 spiro atoms. The Bertz CT molecular complexity index is 478. The minimum atomic E-state index is -0.855. The topological polar surface area (TPSA) is 69.6 Å². The maximum Gasteiger partial charge on any atom is 0.304 e. The molecule has 0 aliphatic carbocycles. The van der Waals surface area contributed by atoms with Crippen molar-refractivity contribution in [2.24, 2.45) is 0 Å². The Labute approximate surface area is 126 Å². The maximum absolute atomic E-state index is 12.1. The van der Waals surface area contributed by atoms with Gasteiger partial charge in [0.15, 0.2) is 0 Å². The smallest absolute Gasteiger partial charge is 0.304 e. The quantitative estimate of drug-likeness (QED) is 0.770. The molecule has 0 aromatic heterocycles. The minimum Gasteiger partial charge on any atom is -0.481 e. The molecule has 0 saturated carbocycles. The molecular weight excluding hydrogens is 268 g/mol. The number of benzene rings is 1. The van der Waals surface area contributed by atoms with Crippen LogP contribution >= 0.6 is 0 Å². The van der Waals surface area contributed by atoms with Crippen LogP contribution in [0.2, 0.25) is 0 Å². The van der Waals surface area contributed by atoms with E-state index < -0.39 is 5.97 Å². The number of rotatable bonds is 8. The summed E-state index contributed by atoms with van der Waals surface area (Å²) in [4.78, 5) is 24.3. The van der Waals surface area contributed by atoms with Gasteiger partial charge in [0.1, 0.15) is 0 Å². The molecule has 0 bridgehead atoms. The fourth-order valence-electron chi connectivity index (χ4n) is 2.19. The number of carboxylic acids is 1. The number of para-hydroxylation sites is 1. The number of carbonyl (C=O) groups excluding carboxylic acids is 1. The Morgan fingerprint density at radius 2 is 1.76 bits per heavy atom. The highest BCUT2D eigenvalue weighted by atomic mass is 16.4. The van der Waals surface area contributed by atoms with Gasteiger partial charge in [0.2, 0.25) is 5.91 Å². The largest absolute Gasteiger partial charge is 0.481 e. The lowest BCUT2D eigenvalue weighted by Crippen LogP contribution is -2.32. The standard InChI is InChI=1S/C16H24N2O3/c1-4-12-7-6-8-13(5-2)16(12)17-14(19)11-18(3)10-9-15(20)21/h6-8H,4-5,9-11H2,1-3H3,(H,17,19)(H,20,21). The SMILES string of the molecule is CCc1cccc(CC)c1NC(=O)CN(C)CCC(=O)O. The van der Waals surface area contributed by atoms with E-state index >= 15 is 0 Å². The van der Waals surface area contributed by atoms with E-state index in [4.69, 9.17) is 5.11 Å². The number of nitrogens with one attached hydrogen (secondary N) is 1. The Kier molecular flexibility index (Phi) is 6.88. The number of amides is 1. The first kappa shape index (κ1) is 17.2. The molecule has 0 atom stereocenters. The summed E-state index contributed by atoms with van der Waals surface area (Å²) < 4.78 is 0. The number of carbonyl (C=O) groups is 2. The third kappa shape index (κ3) is 5.55. The fraction of sp³-hybridized carbons (Fsp3) is 0.500. The van der Waals surface area contributed by atoms with Crippen LogP contribution in [-0.4, -0.2) is 42.0 Å². The molecule has 2 N–H and O–H groups in total. The van der Waals surface area contributed by atoms with Crippen molar-refractivity contribution in [1.29, 1.82) is 0 Å². The summed E-state index contributed by atoms with van der Waals surface area (Å²) in [5, 5.41) is 11.6. The number of carboxylic acid groups (broad SMARTS) is 1. The number of aliphatic carboxylic acids is 1. The molecule has 0 heterocycles. The minimum absolute atomic E-state index is 0.0372. The fourth-order valence-corrected chi connectivity index (χ4v) is 2.19. The van der Waals surface area contributed by atoms with Crippen molar-refractivity contribution in [3.8, 4) is 0 Å². The van der Waals surface area contributed by atoms with Crippen LogP contribution in [0, 0.1) is 0 Å². The summed E-state index contributed by atoms with van der Waals surface area (Å²) >= 11 is 0. The van der Waals surface area contributed by atoms with E-state index in [1.54, 1.807) is 11.9 Å². The maximum atomic E-state index is 12.1. The summed E-state index contributed by atoms with van der Waals surface area (Å²) in [5.41, 5.74) is 3.14. The molecular formula is C16H24N2O3. The predicted octanol–water partition coefficient (Wildman–Crippen LogP) is 2.16. The average molecular weight is 292 g/mol. The number of hydrogen-bond donors (Lipinski definition) is 2. The molecule has 1 aromatic carbocycles. The molecule has 0 aliphatic rings. The summed E-state index contributed by atoms with van der Waals surface area (Å²) in [6.45, 7) is 4.67. The summed E-state index contributed by atoms with van der Waals surface area (Å²) in [7, 11) is 1.75. The second kappa shape index (κ2) is 8.42. The summed E-state index contributed by atoms with van der Waals surface area (Å²) in [6, 6.07) is 6.04. The van der Waals surface area contributed by atoms with E-state index in [0.29, 0.717) is 6.54 Å². The van der Waals surface area contributed by atoms with Crippen molar-refractivity contribution in [1.82, 2.24) is 4.90 Å². The molecule has 5 nitrogen and oxygen atoms in total. The van der Waals surface area contributed by atoms with Gasteiger partial charge in [-0.3, -0.25) is 14.5 Å². The van der Waals surface area contributed by atoms with Crippen LogP contribution in [0.25, 0.3) is 0 Å². The number of nitrogens with zero attached hydrogens (tertiary/aromatic N) is 1. The molecule has 5 heteroatoms. The highest BCUT2D eigenvalue weighted by Crippen LogP contribution is 2.22. The molecule has 1 rings (SSSR count). The molecule has 0 unspecified atom stereocenters. The molecule has 0 fully saturated rings. The van der Waals surface area contributed by atoms with Crippen molar-refractivity contribution in [2.75, 3.05) is 25.5 Å². The van der Waals surface area contributed by atoms with Crippen LogP contribution < -0.4 is 5.32 Å². The van der Waals surface area contributed by atoms with E-state index in [2.05, 4.69) is 19.2 Å². The summed E-state index contributed by atoms with van der Waals surface area (Å²) in [5.74, 6) is -0.967. The van der Waals surface area contributed by atoms with Gasteiger partial charge in [-0.05, 0) is 31.0 Å². The normalized spacial score (nSPS) is 10.7. The predicted molar refractivity (Wildman–Crippen MR) is 83.6 cm³/mol. The second-order valence-corrected chi connectivity index (χ2v) is 5.09.